The molecule has 0 saturated heterocycles. The molecular weight excluding hydrogens is 410 g/mol. The highest BCUT2D eigenvalue weighted by atomic mass is 79.9. The van der Waals surface area contributed by atoms with E-state index in [0.717, 1.165) is 16.6 Å². The smallest absolute Gasteiger partial charge is 0.258 e. The van der Waals surface area contributed by atoms with E-state index in [1.165, 1.54) is 11.1 Å². The molecule has 3 aromatic carbocycles. The minimum absolute atomic E-state index is 0.0360. The third kappa shape index (κ3) is 3.08. The van der Waals surface area contributed by atoms with Crippen molar-refractivity contribution in [2.24, 2.45) is 0 Å². The van der Waals surface area contributed by atoms with Crippen LogP contribution < -0.4 is 4.90 Å². The predicted molar refractivity (Wildman–Crippen MR) is 119 cm³/mol. The number of para-hydroxylation sites is 1. The number of carbonyl (C=O) groups is 1. The SMILES string of the molecule is CC1(c2ccccc2)CC(C)(C)N(C(=O)c2cccc(Br)c2)c2ccccc21. The van der Waals surface area contributed by atoms with Gasteiger partial charge in [0.25, 0.3) is 5.91 Å². The van der Waals surface area contributed by atoms with Gasteiger partial charge >= 0.3 is 0 Å². The Morgan fingerprint density at radius 3 is 2.29 bits per heavy atom. The van der Waals surface area contributed by atoms with Gasteiger partial charge in [-0.2, -0.15) is 0 Å². The zero-order valence-corrected chi connectivity index (χ0v) is 18.0. The molecule has 142 valence electrons. The lowest BCUT2D eigenvalue weighted by Crippen LogP contribution is -2.55. The van der Waals surface area contributed by atoms with E-state index < -0.39 is 0 Å². The third-order valence-electron chi connectivity index (χ3n) is 5.82. The molecule has 1 aliphatic heterocycles. The minimum atomic E-state index is -0.335. The Bertz CT molecular complexity index is 1030. The van der Waals surface area contributed by atoms with Crippen molar-refractivity contribution in [1.29, 1.82) is 0 Å². The van der Waals surface area contributed by atoms with Crippen molar-refractivity contribution in [2.75, 3.05) is 4.90 Å². The van der Waals surface area contributed by atoms with Gasteiger partial charge in [-0.1, -0.05) is 77.5 Å². The number of carbonyl (C=O) groups excluding carboxylic acids is 1. The van der Waals surface area contributed by atoms with Crippen LogP contribution in [0.1, 0.15) is 48.7 Å². The molecule has 4 rings (SSSR count). The van der Waals surface area contributed by atoms with E-state index in [0.29, 0.717) is 5.56 Å². The van der Waals surface area contributed by atoms with Crippen LogP contribution >= 0.6 is 15.9 Å². The van der Waals surface area contributed by atoms with Crippen molar-refractivity contribution < 1.29 is 4.79 Å². The van der Waals surface area contributed by atoms with Crippen LogP contribution in [0.25, 0.3) is 0 Å². The molecule has 1 atom stereocenters. The molecule has 2 nitrogen and oxygen atoms in total. The van der Waals surface area contributed by atoms with Gasteiger partial charge in [-0.05, 0) is 55.7 Å². The number of rotatable bonds is 2. The number of hydrogen-bond acceptors (Lipinski definition) is 1. The van der Waals surface area contributed by atoms with Crippen LogP contribution in [0.2, 0.25) is 0 Å². The molecule has 1 aliphatic rings. The Labute approximate surface area is 175 Å². The van der Waals surface area contributed by atoms with Crippen LogP contribution in [0.4, 0.5) is 5.69 Å². The lowest BCUT2D eigenvalue weighted by Gasteiger charge is -2.51. The van der Waals surface area contributed by atoms with E-state index in [4.69, 9.17) is 0 Å². The zero-order chi connectivity index (χ0) is 19.9. The van der Waals surface area contributed by atoms with E-state index >= 15 is 0 Å². The molecule has 1 amide bonds. The third-order valence-corrected chi connectivity index (χ3v) is 6.31. The van der Waals surface area contributed by atoms with E-state index in [1.807, 2.05) is 35.2 Å². The Hall–Kier alpha value is -2.39. The minimum Gasteiger partial charge on any atom is -0.302 e. The second-order valence-corrected chi connectivity index (χ2v) is 9.27. The fraction of sp³-hybridized carbons (Fsp3) is 0.240. The van der Waals surface area contributed by atoms with Gasteiger partial charge < -0.3 is 4.90 Å². The molecule has 0 bridgehead atoms. The average Bonchev–Trinajstić information content (AvgIpc) is 2.68. The van der Waals surface area contributed by atoms with Crippen molar-refractivity contribution in [3.05, 3.63) is 100 Å². The van der Waals surface area contributed by atoms with Crippen LogP contribution in [0.3, 0.4) is 0 Å². The number of halogens is 1. The van der Waals surface area contributed by atoms with Gasteiger partial charge in [0.1, 0.15) is 0 Å². The number of hydrogen-bond donors (Lipinski definition) is 0. The highest BCUT2D eigenvalue weighted by molar-refractivity contribution is 9.10. The Balaban J connectivity index is 1.89. The van der Waals surface area contributed by atoms with Gasteiger partial charge in [-0.25, -0.2) is 0 Å². The molecule has 3 heteroatoms. The normalized spacial score (nSPS) is 20.5. The summed E-state index contributed by atoms with van der Waals surface area (Å²) in [6.07, 6.45) is 0.848. The van der Waals surface area contributed by atoms with Gasteiger partial charge in [0.05, 0.1) is 0 Å². The quantitative estimate of drug-likeness (QED) is 0.446. The Morgan fingerprint density at radius 2 is 1.57 bits per heavy atom. The summed E-state index contributed by atoms with van der Waals surface area (Å²) in [5, 5.41) is 0. The standard InChI is InChI=1S/C25H24BrNO/c1-24(2)17-25(3,19-11-5-4-6-12-19)21-14-7-8-15-22(21)27(24)23(28)18-10-9-13-20(26)16-18/h4-16H,17H2,1-3H3. The number of amides is 1. The molecule has 28 heavy (non-hydrogen) atoms. The fourth-order valence-corrected chi connectivity index (χ4v) is 5.10. The van der Waals surface area contributed by atoms with Crippen LogP contribution in [0.5, 0.6) is 0 Å². The second kappa shape index (κ2) is 6.89. The first kappa shape index (κ1) is 18.9. The van der Waals surface area contributed by atoms with Gasteiger partial charge in [0.2, 0.25) is 0 Å². The lowest BCUT2D eigenvalue weighted by molar-refractivity contribution is 0.0948. The molecule has 1 unspecified atom stereocenters. The number of benzene rings is 3. The molecule has 0 N–H and O–H groups in total. The largest absolute Gasteiger partial charge is 0.302 e. The summed E-state index contributed by atoms with van der Waals surface area (Å²) >= 11 is 3.49. The van der Waals surface area contributed by atoms with E-state index in [2.05, 4.69) is 85.2 Å². The van der Waals surface area contributed by atoms with Gasteiger partial charge in [0.15, 0.2) is 0 Å². The highest BCUT2D eigenvalue weighted by Gasteiger charge is 2.47. The second-order valence-electron chi connectivity index (χ2n) is 8.36. The topological polar surface area (TPSA) is 20.3 Å². The van der Waals surface area contributed by atoms with Gasteiger partial charge in [-0.15, -0.1) is 0 Å². The first-order valence-electron chi connectivity index (χ1n) is 9.58. The van der Waals surface area contributed by atoms with Crippen molar-refractivity contribution in [3.63, 3.8) is 0 Å². The molecule has 0 aromatic heterocycles. The van der Waals surface area contributed by atoms with E-state index in [-0.39, 0.29) is 16.9 Å². The Morgan fingerprint density at radius 1 is 0.893 bits per heavy atom. The first-order valence-corrected chi connectivity index (χ1v) is 10.4. The summed E-state index contributed by atoms with van der Waals surface area (Å²) in [6.45, 7) is 6.63. The number of nitrogens with zero attached hydrogens (tertiary/aromatic N) is 1. The van der Waals surface area contributed by atoms with Crippen molar-refractivity contribution in [2.45, 2.75) is 38.1 Å². The zero-order valence-electron chi connectivity index (χ0n) is 16.4. The molecule has 1 heterocycles. The molecule has 3 aromatic rings. The maximum absolute atomic E-state index is 13.6. The number of anilines is 1. The monoisotopic (exact) mass is 433 g/mol. The Kier molecular flexibility index (Phi) is 4.67. The molecular formula is C25H24BrNO. The average molecular weight is 434 g/mol. The van der Waals surface area contributed by atoms with Crippen molar-refractivity contribution in [1.82, 2.24) is 0 Å². The fourth-order valence-electron chi connectivity index (χ4n) is 4.70. The van der Waals surface area contributed by atoms with E-state index in [1.54, 1.807) is 0 Å². The summed E-state index contributed by atoms with van der Waals surface area (Å²) in [6, 6.07) is 26.6. The number of fused-ring (bicyclic) bond motifs is 1. The van der Waals surface area contributed by atoms with Crippen LogP contribution in [0.15, 0.2) is 83.3 Å². The first-order chi connectivity index (χ1) is 13.3. The van der Waals surface area contributed by atoms with E-state index in [9.17, 15) is 4.79 Å². The summed E-state index contributed by atoms with van der Waals surface area (Å²) in [7, 11) is 0. The summed E-state index contributed by atoms with van der Waals surface area (Å²) in [4.78, 5) is 15.6. The van der Waals surface area contributed by atoms with Crippen molar-refractivity contribution in [3.8, 4) is 0 Å². The predicted octanol–water partition coefficient (Wildman–Crippen LogP) is 6.58. The maximum Gasteiger partial charge on any atom is 0.258 e. The molecule has 0 radical (unpaired) electrons. The molecule has 0 aliphatic carbocycles. The lowest BCUT2D eigenvalue weighted by atomic mass is 9.65. The summed E-state index contributed by atoms with van der Waals surface area (Å²) in [5.74, 6) is 0.0360. The van der Waals surface area contributed by atoms with Crippen LogP contribution in [-0.2, 0) is 5.41 Å². The van der Waals surface area contributed by atoms with Gasteiger partial charge in [0, 0.05) is 26.7 Å². The molecule has 0 saturated carbocycles. The molecule has 0 spiro atoms. The van der Waals surface area contributed by atoms with Gasteiger partial charge in [-0.3, -0.25) is 4.79 Å². The van der Waals surface area contributed by atoms with Crippen LogP contribution in [-0.4, -0.2) is 11.4 Å². The summed E-state index contributed by atoms with van der Waals surface area (Å²) < 4.78 is 0.913. The summed E-state index contributed by atoms with van der Waals surface area (Å²) in [5.41, 5.74) is 3.68. The highest BCUT2D eigenvalue weighted by Crippen LogP contribution is 2.50. The maximum atomic E-state index is 13.6. The van der Waals surface area contributed by atoms with Crippen molar-refractivity contribution >= 4 is 27.5 Å². The molecule has 0 fully saturated rings. The van der Waals surface area contributed by atoms with Crippen LogP contribution in [0, 0.1) is 0 Å².